The normalized spacial score (nSPS) is 12.7. The molecule has 1 aromatic heterocycles. The molecule has 1 nitrogen and oxygen atoms in total. The van der Waals surface area contributed by atoms with Crippen LogP contribution >= 0.6 is 23.2 Å². The molecule has 0 radical (unpaired) electrons. The highest BCUT2D eigenvalue weighted by molar-refractivity contribution is 6.30. The van der Waals surface area contributed by atoms with Crippen molar-refractivity contribution in [3.63, 3.8) is 0 Å². The third-order valence-corrected chi connectivity index (χ3v) is 3.78. The van der Waals surface area contributed by atoms with Gasteiger partial charge in [0.1, 0.15) is 5.58 Å². The summed E-state index contributed by atoms with van der Waals surface area (Å²) in [7, 11) is 0. The van der Waals surface area contributed by atoms with Crippen molar-refractivity contribution < 1.29 is 4.42 Å². The lowest BCUT2D eigenvalue weighted by Gasteiger charge is -2.08. The summed E-state index contributed by atoms with van der Waals surface area (Å²) in [5.74, 6) is 0. The van der Waals surface area contributed by atoms with E-state index in [9.17, 15) is 0 Å². The molecule has 1 unspecified atom stereocenters. The summed E-state index contributed by atoms with van der Waals surface area (Å²) >= 11 is 12.5. The van der Waals surface area contributed by atoms with Gasteiger partial charge in [0.2, 0.25) is 0 Å². The Morgan fingerprint density at radius 1 is 1.05 bits per heavy atom. The van der Waals surface area contributed by atoms with Crippen molar-refractivity contribution in [1.82, 2.24) is 0 Å². The van der Waals surface area contributed by atoms with Gasteiger partial charge in [-0.1, -0.05) is 41.9 Å². The summed E-state index contributed by atoms with van der Waals surface area (Å²) in [6, 6.07) is 15.7. The number of halogens is 2. The summed E-state index contributed by atoms with van der Waals surface area (Å²) in [6.07, 6.45) is 2.47. The Hall–Kier alpha value is -1.44. The van der Waals surface area contributed by atoms with E-state index in [1.165, 1.54) is 0 Å². The highest BCUT2D eigenvalue weighted by Gasteiger charge is 2.15. The minimum Gasteiger partial charge on any atom is -0.464 e. The topological polar surface area (TPSA) is 13.1 Å². The second-order valence-corrected chi connectivity index (χ2v) is 5.45. The molecule has 0 spiro atoms. The summed E-state index contributed by atoms with van der Waals surface area (Å²) in [4.78, 5) is 0. The van der Waals surface area contributed by atoms with Crippen LogP contribution in [0.15, 0.2) is 59.2 Å². The van der Waals surface area contributed by atoms with Gasteiger partial charge in [-0.25, -0.2) is 0 Å². The fraction of sp³-hybridized carbons (Fsp3) is 0.125. The maximum absolute atomic E-state index is 6.51. The number of fused-ring (bicyclic) bond motifs is 1. The first-order chi connectivity index (χ1) is 9.24. The van der Waals surface area contributed by atoms with Crippen molar-refractivity contribution in [2.45, 2.75) is 11.8 Å². The van der Waals surface area contributed by atoms with Gasteiger partial charge in [-0.05, 0) is 30.2 Å². The molecule has 19 heavy (non-hydrogen) atoms. The molecule has 3 aromatic rings. The summed E-state index contributed by atoms with van der Waals surface area (Å²) < 4.78 is 5.52. The largest absolute Gasteiger partial charge is 0.464 e. The predicted molar refractivity (Wildman–Crippen MR) is 80.0 cm³/mol. The lowest BCUT2D eigenvalue weighted by molar-refractivity contribution is 0.609. The van der Waals surface area contributed by atoms with Crippen molar-refractivity contribution in [3.8, 4) is 0 Å². The minimum atomic E-state index is -0.123. The van der Waals surface area contributed by atoms with Crippen LogP contribution < -0.4 is 0 Å². The van der Waals surface area contributed by atoms with Gasteiger partial charge < -0.3 is 4.42 Å². The van der Waals surface area contributed by atoms with Crippen LogP contribution in [0.4, 0.5) is 0 Å². The molecule has 0 aliphatic rings. The maximum Gasteiger partial charge on any atom is 0.134 e. The SMILES string of the molecule is Clc1cccc(CC(Cl)c2coc3ccccc23)c1. The molecule has 0 fully saturated rings. The van der Waals surface area contributed by atoms with E-state index in [0.717, 1.165) is 33.5 Å². The van der Waals surface area contributed by atoms with Crippen LogP contribution in [0, 0.1) is 0 Å². The molecule has 0 bridgehead atoms. The molecular formula is C16H12Cl2O. The highest BCUT2D eigenvalue weighted by Crippen LogP contribution is 2.32. The van der Waals surface area contributed by atoms with Crippen LogP contribution in [0.5, 0.6) is 0 Å². The number of furan rings is 1. The first-order valence-electron chi connectivity index (χ1n) is 6.08. The molecule has 1 atom stereocenters. The van der Waals surface area contributed by atoms with Gasteiger partial charge in [-0.15, -0.1) is 11.6 Å². The molecule has 0 aliphatic carbocycles. The van der Waals surface area contributed by atoms with Crippen LogP contribution in [0.3, 0.4) is 0 Å². The molecule has 96 valence electrons. The Kier molecular flexibility index (Phi) is 3.50. The Labute approximate surface area is 121 Å². The highest BCUT2D eigenvalue weighted by atomic mass is 35.5. The van der Waals surface area contributed by atoms with E-state index in [-0.39, 0.29) is 5.38 Å². The number of hydrogen-bond acceptors (Lipinski definition) is 1. The third kappa shape index (κ3) is 2.63. The smallest absolute Gasteiger partial charge is 0.134 e. The quantitative estimate of drug-likeness (QED) is 0.572. The fourth-order valence-corrected chi connectivity index (χ4v) is 2.78. The van der Waals surface area contributed by atoms with E-state index < -0.39 is 0 Å². The number of benzene rings is 2. The zero-order valence-electron chi connectivity index (χ0n) is 10.1. The molecule has 1 heterocycles. The molecule has 0 aliphatic heterocycles. The zero-order valence-corrected chi connectivity index (χ0v) is 11.7. The molecule has 2 aromatic carbocycles. The van der Waals surface area contributed by atoms with Crippen molar-refractivity contribution in [2.24, 2.45) is 0 Å². The zero-order chi connectivity index (χ0) is 13.2. The van der Waals surface area contributed by atoms with E-state index in [2.05, 4.69) is 0 Å². The summed E-state index contributed by atoms with van der Waals surface area (Å²) in [5.41, 5.74) is 3.02. The lowest BCUT2D eigenvalue weighted by Crippen LogP contribution is -1.94. The Morgan fingerprint density at radius 3 is 2.74 bits per heavy atom. The number of alkyl halides is 1. The minimum absolute atomic E-state index is 0.123. The van der Waals surface area contributed by atoms with Crippen LogP contribution in [0.25, 0.3) is 11.0 Å². The molecule has 0 amide bonds. The second kappa shape index (κ2) is 5.28. The van der Waals surface area contributed by atoms with Gasteiger partial charge >= 0.3 is 0 Å². The molecule has 0 N–H and O–H groups in total. The van der Waals surface area contributed by atoms with E-state index in [1.807, 2.05) is 48.5 Å². The molecule has 0 saturated heterocycles. The molecular weight excluding hydrogens is 279 g/mol. The van der Waals surface area contributed by atoms with Crippen molar-refractivity contribution in [2.75, 3.05) is 0 Å². The monoisotopic (exact) mass is 290 g/mol. The average Bonchev–Trinajstić information content (AvgIpc) is 2.82. The first kappa shape index (κ1) is 12.6. The van der Waals surface area contributed by atoms with Gasteiger partial charge in [0.05, 0.1) is 11.6 Å². The second-order valence-electron chi connectivity index (χ2n) is 4.49. The Morgan fingerprint density at radius 2 is 1.89 bits per heavy atom. The molecule has 0 saturated carbocycles. The molecule has 3 heteroatoms. The Balaban J connectivity index is 1.90. The van der Waals surface area contributed by atoms with Crippen LogP contribution in [0.1, 0.15) is 16.5 Å². The fourth-order valence-electron chi connectivity index (χ4n) is 2.22. The molecule has 3 rings (SSSR count). The number of hydrogen-bond donors (Lipinski definition) is 0. The number of rotatable bonds is 3. The van der Waals surface area contributed by atoms with Gasteiger partial charge in [0, 0.05) is 16.0 Å². The van der Waals surface area contributed by atoms with E-state index in [1.54, 1.807) is 6.26 Å². The van der Waals surface area contributed by atoms with Crippen LogP contribution in [-0.4, -0.2) is 0 Å². The van der Waals surface area contributed by atoms with Crippen molar-refractivity contribution in [3.05, 3.63) is 70.9 Å². The lowest BCUT2D eigenvalue weighted by atomic mass is 10.0. The predicted octanol–water partition coefficient (Wildman–Crippen LogP) is 5.61. The average molecular weight is 291 g/mol. The van der Waals surface area contributed by atoms with E-state index >= 15 is 0 Å². The van der Waals surface area contributed by atoms with Gasteiger partial charge in [-0.2, -0.15) is 0 Å². The van der Waals surface area contributed by atoms with E-state index in [4.69, 9.17) is 27.6 Å². The van der Waals surface area contributed by atoms with E-state index in [0.29, 0.717) is 0 Å². The van der Waals surface area contributed by atoms with Gasteiger partial charge in [0.25, 0.3) is 0 Å². The summed E-state index contributed by atoms with van der Waals surface area (Å²) in [5, 5.41) is 1.69. The van der Waals surface area contributed by atoms with Crippen LogP contribution in [0.2, 0.25) is 5.02 Å². The van der Waals surface area contributed by atoms with Crippen LogP contribution in [-0.2, 0) is 6.42 Å². The van der Waals surface area contributed by atoms with Gasteiger partial charge in [-0.3, -0.25) is 0 Å². The first-order valence-corrected chi connectivity index (χ1v) is 6.90. The maximum atomic E-state index is 6.51. The summed E-state index contributed by atoms with van der Waals surface area (Å²) in [6.45, 7) is 0. The standard InChI is InChI=1S/C16H12Cl2O/c17-12-5-3-4-11(8-12)9-15(18)14-10-19-16-7-2-1-6-13(14)16/h1-8,10,15H,9H2. The van der Waals surface area contributed by atoms with Gasteiger partial charge in [0.15, 0.2) is 0 Å². The third-order valence-electron chi connectivity index (χ3n) is 3.15. The van der Waals surface area contributed by atoms with Crippen molar-refractivity contribution >= 4 is 34.2 Å². The number of para-hydroxylation sites is 1. The Bertz CT molecular complexity index is 703. The van der Waals surface area contributed by atoms with Crippen molar-refractivity contribution in [1.29, 1.82) is 0 Å².